The molecule has 37 heavy (non-hydrogen) atoms. The van der Waals surface area contributed by atoms with Crippen molar-refractivity contribution in [2.45, 2.75) is 65.5 Å². The molecule has 2 heterocycles. The highest BCUT2D eigenvalue weighted by molar-refractivity contribution is 6.55. The normalized spacial score (nSPS) is 14.4. The van der Waals surface area contributed by atoms with E-state index in [1.807, 2.05) is 0 Å². The Labute approximate surface area is 223 Å². The van der Waals surface area contributed by atoms with E-state index in [2.05, 4.69) is 112 Å². The summed E-state index contributed by atoms with van der Waals surface area (Å²) in [5.41, 5.74) is 6.52. The van der Waals surface area contributed by atoms with E-state index in [9.17, 15) is 10.0 Å². The maximum atomic E-state index is 10.2. The summed E-state index contributed by atoms with van der Waals surface area (Å²) in [5.74, 6) is 0. The summed E-state index contributed by atoms with van der Waals surface area (Å²) < 4.78 is 4.85. The second kappa shape index (κ2) is 12.5. The average molecular weight is 497 g/mol. The highest BCUT2D eigenvalue weighted by Crippen LogP contribution is 2.17. The highest BCUT2D eigenvalue weighted by atomic mass is 16.4. The first-order valence-electron chi connectivity index (χ1n) is 13.2. The third-order valence-corrected chi connectivity index (χ3v) is 6.74. The van der Waals surface area contributed by atoms with Crippen LogP contribution in [-0.4, -0.2) is 52.9 Å². The zero-order valence-electron chi connectivity index (χ0n) is 23.3. The summed E-state index contributed by atoms with van der Waals surface area (Å²) in [6, 6.07) is 25.5. The van der Waals surface area contributed by atoms with Gasteiger partial charge in [0.2, 0.25) is 0 Å². The van der Waals surface area contributed by atoms with Crippen molar-refractivity contribution in [3.05, 3.63) is 101 Å². The van der Waals surface area contributed by atoms with Crippen molar-refractivity contribution in [2.24, 2.45) is 0 Å². The number of fused-ring (bicyclic) bond motifs is 2. The van der Waals surface area contributed by atoms with Gasteiger partial charge in [0.1, 0.15) is 13.1 Å². The van der Waals surface area contributed by atoms with E-state index in [1.54, 1.807) is 18.2 Å². The van der Waals surface area contributed by atoms with Gasteiger partial charge in [0.25, 0.3) is 0 Å². The van der Waals surface area contributed by atoms with Gasteiger partial charge in [0, 0.05) is 24.0 Å². The van der Waals surface area contributed by atoms with Crippen LogP contribution in [-0.2, 0) is 12.8 Å². The van der Waals surface area contributed by atoms with Crippen molar-refractivity contribution >= 4 is 25.0 Å². The van der Waals surface area contributed by atoms with Crippen LogP contribution in [0.2, 0.25) is 0 Å². The first-order chi connectivity index (χ1) is 17.4. The lowest BCUT2D eigenvalue weighted by molar-refractivity contribution is -0.593. The Morgan fingerprint density at radius 3 is 1.30 bits per heavy atom. The molecule has 5 heteroatoms. The molecule has 0 fully saturated rings. The molecule has 0 aliphatic carbocycles. The Hall–Kier alpha value is -3.02. The molecule has 194 valence electrons. The van der Waals surface area contributed by atoms with Gasteiger partial charge in [0.05, 0.1) is 0 Å². The monoisotopic (exact) mass is 496 g/mol. The third-order valence-electron chi connectivity index (χ3n) is 6.74. The predicted molar refractivity (Wildman–Crippen MR) is 152 cm³/mol. The third kappa shape index (κ3) is 8.51. The minimum atomic E-state index is -1.84. The smallest absolute Gasteiger partial charge is 0.171 e. The van der Waals surface area contributed by atoms with Crippen LogP contribution in [0.4, 0.5) is 0 Å². The zero-order chi connectivity index (χ0) is 27.1. The van der Waals surface area contributed by atoms with Gasteiger partial charge in [-0.25, -0.2) is 9.15 Å². The topological polar surface area (TPSA) is 52.1 Å². The quantitative estimate of drug-likeness (QED) is 0.384. The van der Waals surface area contributed by atoms with Crippen molar-refractivity contribution < 1.29 is 19.2 Å². The Morgan fingerprint density at radius 2 is 0.946 bits per heavy atom. The van der Waals surface area contributed by atoms with Gasteiger partial charge in [-0.05, 0) is 64.8 Å². The van der Waals surface area contributed by atoms with Gasteiger partial charge in [-0.15, -0.1) is 5.46 Å². The van der Waals surface area contributed by atoms with Crippen LogP contribution in [0.15, 0.2) is 78.9 Å². The molecule has 3 aromatic rings. The molecule has 0 radical (unpaired) electrons. The minimum Gasteiger partial charge on any atom is -0.889 e. The Bertz CT molecular complexity index is 1140. The van der Waals surface area contributed by atoms with Crippen LogP contribution < -0.4 is 15.5 Å². The first kappa shape index (κ1) is 28.6. The van der Waals surface area contributed by atoms with Gasteiger partial charge in [-0.1, -0.05) is 73.8 Å². The second-order valence-corrected chi connectivity index (χ2v) is 11.6. The van der Waals surface area contributed by atoms with Crippen LogP contribution >= 0.6 is 0 Å². The first-order valence-corrected chi connectivity index (χ1v) is 13.2. The largest absolute Gasteiger partial charge is 0.889 e. The lowest BCUT2D eigenvalue weighted by atomic mass is 9.81. The molecule has 0 spiro atoms. The lowest BCUT2D eigenvalue weighted by Gasteiger charge is -2.26. The van der Waals surface area contributed by atoms with Gasteiger partial charge < -0.3 is 10.0 Å². The second-order valence-electron chi connectivity index (χ2n) is 11.6. The number of nitrogens with zero attached hydrogens (tertiary/aromatic N) is 2. The molecule has 0 saturated carbocycles. The molecule has 0 bridgehead atoms. The number of hydrogen-bond acceptors (Lipinski definition) is 2. The van der Waals surface area contributed by atoms with E-state index < -0.39 is 7.12 Å². The van der Waals surface area contributed by atoms with Gasteiger partial charge in [-0.2, -0.15) is 0 Å². The minimum absolute atomic E-state index is 0.244. The van der Waals surface area contributed by atoms with Crippen molar-refractivity contribution in [3.8, 4) is 0 Å². The summed E-state index contributed by atoms with van der Waals surface area (Å²) in [6.45, 7) is 15.8. The molecule has 4 nitrogen and oxygen atoms in total. The van der Waals surface area contributed by atoms with Gasteiger partial charge in [0.15, 0.2) is 23.5 Å². The summed E-state index contributed by atoms with van der Waals surface area (Å²) >= 11 is 0. The van der Waals surface area contributed by atoms with Crippen LogP contribution in [0.1, 0.15) is 63.8 Å². The molecule has 2 aliphatic rings. The molecular formula is C32H41BN2O2. The van der Waals surface area contributed by atoms with E-state index in [-0.39, 0.29) is 11.1 Å². The van der Waals surface area contributed by atoms with Crippen molar-refractivity contribution in [3.63, 3.8) is 0 Å². The van der Waals surface area contributed by atoms with Crippen LogP contribution in [0.25, 0.3) is 0 Å². The van der Waals surface area contributed by atoms with Crippen LogP contribution in [0.5, 0.6) is 0 Å². The summed E-state index contributed by atoms with van der Waals surface area (Å²) in [5, 5.41) is 20.3. The van der Waals surface area contributed by atoms with Crippen molar-refractivity contribution in [1.82, 2.24) is 0 Å². The van der Waals surface area contributed by atoms with E-state index >= 15 is 0 Å². The fraction of sp³-hybridized carbons (Fsp3) is 0.375. The molecule has 2 aliphatic heterocycles. The SMILES string of the molecule is CC(C)(C)[N+]1=Cc2ccccc2CC1.CC(C)(C)[N+]1=Cc2ccccc2CC1.[O-]B([O-])c1ccccc1. The van der Waals surface area contributed by atoms with E-state index in [0.29, 0.717) is 5.46 Å². The molecule has 0 unspecified atom stereocenters. The Balaban J connectivity index is 0.000000159. The number of benzene rings is 3. The summed E-state index contributed by atoms with van der Waals surface area (Å²) in [7, 11) is -1.84. The van der Waals surface area contributed by atoms with Crippen molar-refractivity contribution in [1.29, 1.82) is 0 Å². The molecular weight excluding hydrogens is 455 g/mol. The van der Waals surface area contributed by atoms with Crippen molar-refractivity contribution in [2.75, 3.05) is 13.1 Å². The Morgan fingerprint density at radius 1 is 0.568 bits per heavy atom. The van der Waals surface area contributed by atoms with E-state index in [1.165, 1.54) is 47.2 Å². The maximum absolute atomic E-state index is 10.2. The Kier molecular flexibility index (Phi) is 9.64. The molecule has 5 rings (SSSR count). The van der Waals surface area contributed by atoms with Crippen LogP contribution in [0.3, 0.4) is 0 Å². The van der Waals surface area contributed by atoms with E-state index in [4.69, 9.17) is 0 Å². The number of rotatable bonds is 1. The zero-order valence-corrected chi connectivity index (χ0v) is 23.3. The summed E-state index contributed by atoms with van der Waals surface area (Å²) in [6.07, 6.45) is 6.92. The fourth-order valence-electron chi connectivity index (χ4n) is 4.39. The number of hydrogen-bond donors (Lipinski definition) is 0. The lowest BCUT2D eigenvalue weighted by Crippen LogP contribution is -2.54. The standard InChI is InChI=1S/2C13H18N.C6H5BO2/c2*1-13(2,3)14-9-8-11-6-4-5-7-12(11)10-14;8-7(9)6-4-2-1-3-5-6/h2*4-7,10H,8-9H2,1-3H3;1-5H/q2*+1;-2. The van der Waals surface area contributed by atoms with Gasteiger partial charge >= 0.3 is 0 Å². The summed E-state index contributed by atoms with van der Waals surface area (Å²) in [4.78, 5) is 0. The van der Waals surface area contributed by atoms with Gasteiger partial charge in [-0.3, -0.25) is 0 Å². The molecule has 0 amide bonds. The predicted octanol–water partition coefficient (Wildman–Crippen LogP) is 3.05. The molecule has 0 N–H and O–H groups in total. The molecule has 3 aromatic carbocycles. The average Bonchev–Trinajstić information content (AvgIpc) is 2.88. The molecule has 0 saturated heterocycles. The maximum Gasteiger partial charge on any atom is 0.171 e. The molecule has 0 aromatic heterocycles. The fourth-order valence-corrected chi connectivity index (χ4v) is 4.39. The highest BCUT2D eigenvalue weighted by Gasteiger charge is 2.27. The van der Waals surface area contributed by atoms with E-state index in [0.717, 1.165) is 13.1 Å². The van der Waals surface area contributed by atoms with Crippen LogP contribution in [0, 0.1) is 0 Å². The molecule has 0 atom stereocenters.